The van der Waals surface area contributed by atoms with Crippen molar-refractivity contribution in [2.45, 2.75) is 84.9 Å². The Bertz CT molecular complexity index is 960. The number of rotatable bonds is 12. The number of ether oxygens (including phenoxy) is 1. The second-order valence-corrected chi connectivity index (χ2v) is 9.68. The Kier molecular flexibility index (Phi) is 11.9. The molecule has 0 radical (unpaired) electrons. The molecule has 10 nitrogen and oxygen atoms in total. The van der Waals surface area contributed by atoms with E-state index in [4.69, 9.17) is 10.5 Å². The predicted molar refractivity (Wildman–Crippen MR) is 135 cm³/mol. The van der Waals surface area contributed by atoms with Crippen molar-refractivity contribution in [3.63, 3.8) is 0 Å². The number of aryl methyl sites for hydroxylation is 2. The van der Waals surface area contributed by atoms with Crippen molar-refractivity contribution >= 4 is 23.8 Å². The second-order valence-electron chi connectivity index (χ2n) is 9.68. The van der Waals surface area contributed by atoms with Crippen molar-refractivity contribution in [3.8, 4) is 6.07 Å². The van der Waals surface area contributed by atoms with E-state index in [0.717, 1.165) is 28.9 Å². The van der Waals surface area contributed by atoms with Crippen LogP contribution in [0.2, 0.25) is 0 Å². The molecule has 0 saturated heterocycles. The second kappa shape index (κ2) is 14.1. The zero-order valence-electron chi connectivity index (χ0n) is 22.1. The van der Waals surface area contributed by atoms with Crippen LogP contribution in [0.5, 0.6) is 0 Å². The van der Waals surface area contributed by atoms with Crippen molar-refractivity contribution in [3.05, 3.63) is 34.9 Å². The number of carbonyl (C=O) groups is 4. The van der Waals surface area contributed by atoms with E-state index in [2.05, 4.69) is 10.6 Å². The molecule has 2 unspecified atom stereocenters. The molecule has 0 heterocycles. The van der Waals surface area contributed by atoms with E-state index in [0.29, 0.717) is 12.1 Å². The molecule has 10 heteroatoms. The summed E-state index contributed by atoms with van der Waals surface area (Å²) in [6.07, 6.45) is 0.441. The number of carbonyl (C=O) groups excluding carboxylic acids is 4. The van der Waals surface area contributed by atoms with Crippen LogP contribution in [-0.4, -0.2) is 53.4 Å². The molecular weight excluding hydrogens is 462 g/mol. The molecule has 0 saturated carbocycles. The largest absolute Gasteiger partial charge is 0.444 e. The van der Waals surface area contributed by atoms with Gasteiger partial charge in [0.1, 0.15) is 24.2 Å². The molecule has 4 N–H and O–H groups in total. The molecule has 4 amide bonds. The molecule has 0 aromatic heterocycles. The Balaban J connectivity index is 3.51. The molecule has 0 fully saturated rings. The lowest BCUT2D eigenvalue weighted by Gasteiger charge is -2.34. The number of unbranched alkanes of at least 4 members (excludes halogenated alkanes) is 1. The molecule has 2 atom stereocenters. The van der Waals surface area contributed by atoms with Crippen LogP contribution < -0.4 is 16.4 Å². The number of nitrogens with two attached hydrogens (primary N) is 1. The zero-order chi connectivity index (χ0) is 27.5. The average Bonchev–Trinajstić information content (AvgIpc) is 2.76. The van der Waals surface area contributed by atoms with Crippen molar-refractivity contribution in [1.82, 2.24) is 15.5 Å². The van der Waals surface area contributed by atoms with E-state index < -0.39 is 48.0 Å². The molecule has 1 aromatic rings. The van der Waals surface area contributed by atoms with Crippen molar-refractivity contribution in [2.75, 3.05) is 13.1 Å². The first-order valence-corrected chi connectivity index (χ1v) is 12.1. The van der Waals surface area contributed by atoms with Gasteiger partial charge in [0.25, 0.3) is 0 Å². The molecule has 1 rings (SSSR count). The van der Waals surface area contributed by atoms with Crippen LogP contribution in [-0.2, 0) is 19.1 Å². The standard InChI is InChI=1S/C26H39N5O5/c1-7-8-15-29-23(33)22(21-17(2)10-9-11-18(21)3)31(16-14-27)24(34)19(12-13-20(28)32)30-25(35)36-26(4,5)6/h9-11,19,22H,7-8,12-13,15-16H2,1-6H3,(H2,28,32)(H,29,33)(H,30,35). The fourth-order valence-corrected chi connectivity index (χ4v) is 3.74. The van der Waals surface area contributed by atoms with Gasteiger partial charge in [-0.05, 0) is 64.2 Å². The summed E-state index contributed by atoms with van der Waals surface area (Å²) in [6, 6.07) is 5.10. The minimum absolute atomic E-state index is 0.119. The van der Waals surface area contributed by atoms with E-state index in [-0.39, 0.29) is 12.8 Å². The van der Waals surface area contributed by atoms with Gasteiger partial charge in [0.05, 0.1) is 6.07 Å². The maximum absolute atomic E-state index is 13.8. The van der Waals surface area contributed by atoms with Crippen LogP contribution in [0.15, 0.2) is 18.2 Å². The normalized spacial score (nSPS) is 12.6. The van der Waals surface area contributed by atoms with Gasteiger partial charge in [-0.25, -0.2) is 4.79 Å². The Morgan fingerprint density at radius 1 is 1.17 bits per heavy atom. The van der Waals surface area contributed by atoms with E-state index in [1.165, 1.54) is 0 Å². The van der Waals surface area contributed by atoms with Crippen LogP contribution in [0.25, 0.3) is 0 Å². The van der Waals surface area contributed by atoms with E-state index in [1.807, 2.05) is 45.0 Å². The Hall–Kier alpha value is -3.61. The first-order valence-electron chi connectivity index (χ1n) is 12.1. The molecule has 198 valence electrons. The highest BCUT2D eigenvalue weighted by atomic mass is 16.6. The predicted octanol–water partition coefficient (Wildman–Crippen LogP) is 2.77. The van der Waals surface area contributed by atoms with E-state index in [9.17, 15) is 24.4 Å². The fourth-order valence-electron chi connectivity index (χ4n) is 3.74. The first-order chi connectivity index (χ1) is 16.8. The van der Waals surface area contributed by atoms with Crippen LogP contribution in [0.3, 0.4) is 0 Å². The van der Waals surface area contributed by atoms with Gasteiger partial charge in [-0.3, -0.25) is 14.4 Å². The van der Waals surface area contributed by atoms with Crippen LogP contribution >= 0.6 is 0 Å². The molecular formula is C26H39N5O5. The summed E-state index contributed by atoms with van der Waals surface area (Å²) in [7, 11) is 0. The monoisotopic (exact) mass is 501 g/mol. The van der Waals surface area contributed by atoms with Crippen LogP contribution in [0.4, 0.5) is 4.79 Å². The third-order valence-corrected chi connectivity index (χ3v) is 5.40. The van der Waals surface area contributed by atoms with Gasteiger partial charge in [0.2, 0.25) is 17.7 Å². The topological polar surface area (TPSA) is 155 Å². The minimum atomic E-state index is -1.24. The first kappa shape index (κ1) is 30.4. The van der Waals surface area contributed by atoms with Crippen molar-refractivity contribution < 1.29 is 23.9 Å². The lowest BCUT2D eigenvalue weighted by atomic mass is 9.93. The number of amides is 4. The molecule has 0 aliphatic rings. The quantitative estimate of drug-likeness (QED) is 0.295. The highest BCUT2D eigenvalue weighted by Crippen LogP contribution is 2.29. The highest BCUT2D eigenvalue weighted by molar-refractivity contribution is 5.93. The number of nitriles is 1. The lowest BCUT2D eigenvalue weighted by Crippen LogP contribution is -2.53. The Labute approximate surface area is 213 Å². The van der Waals surface area contributed by atoms with E-state index >= 15 is 0 Å². The highest BCUT2D eigenvalue weighted by Gasteiger charge is 2.37. The number of nitrogens with one attached hydrogen (secondary N) is 2. The summed E-state index contributed by atoms with van der Waals surface area (Å²) in [4.78, 5) is 52.3. The van der Waals surface area contributed by atoms with Gasteiger partial charge in [-0.2, -0.15) is 5.26 Å². The zero-order valence-corrected chi connectivity index (χ0v) is 22.1. The van der Waals surface area contributed by atoms with Crippen LogP contribution in [0, 0.1) is 25.2 Å². The number of alkyl carbamates (subject to hydrolysis) is 1. The maximum atomic E-state index is 13.8. The summed E-state index contributed by atoms with van der Waals surface area (Å²) >= 11 is 0. The third kappa shape index (κ3) is 9.56. The number of hydrogen-bond donors (Lipinski definition) is 3. The van der Waals surface area contributed by atoms with Gasteiger partial charge in [0.15, 0.2) is 0 Å². The molecule has 1 aromatic carbocycles. The molecule has 0 aliphatic heterocycles. The smallest absolute Gasteiger partial charge is 0.408 e. The molecule has 36 heavy (non-hydrogen) atoms. The number of primary amides is 1. The van der Waals surface area contributed by atoms with Crippen LogP contribution in [0.1, 0.15) is 76.1 Å². The summed E-state index contributed by atoms with van der Waals surface area (Å²) in [5.74, 6) is -1.79. The van der Waals surface area contributed by atoms with Crippen molar-refractivity contribution in [1.29, 1.82) is 5.26 Å². The molecule has 0 spiro atoms. The van der Waals surface area contributed by atoms with Gasteiger partial charge < -0.3 is 26.0 Å². The van der Waals surface area contributed by atoms with Gasteiger partial charge in [0, 0.05) is 13.0 Å². The minimum Gasteiger partial charge on any atom is -0.444 e. The van der Waals surface area contributed by atoms with Crippen molar-refractivity contribution in [2.24, 2.45) is 5.73 Å². The SMILES string of the molecule is CCCCNC(=O)C(c1c(C)cccc1C)N(CC#N)C(=O)C(CCC(N)=O)NC(=O)OC(C)(C)C. The van der Waals surface area contributed by atoms with Gasteiger partial charge in [-0.1, -0.05) is 31.5 Å². The molecule has 0 bridgehead atoms. The Morgan fingerprint density at radius 2 is 1.78 bits per heavy atom. The number of nitrogens with zero attached hydrogens (tertiary/aromatic N) is 2. The van der Waals surface area contributed by atoms with Gasteiger partial charge >= 0.3 is 6.09 Å². The summed E-state index contributed by atoms with van der Waals surface area (Å²) in [5.41, 5.74) is 6.61. The summed E-state index contributed by atoms with van der Waals surface area (Å²) < 4.78 is 5.28. The summed E-state index contributed by atoms with van der Waals surface area (Å²) in [5, 5.41) is 14.9. The average molecular weight is 502 g/mol. The van der Waals surface area contributed by atoms with E-state index in [1.54, 1.807) is 20.8 Å². The molecule has 0 aliphatic carbocycles. The van der Waals surface area contributed by atoms with Gasteiger partial charge in [-0.15, -0.1) is 0 Å². The summed E-state index contributed by atoms with van der Waals surface area (Å²) in [6.45, 7) is 10.7. The Morgan fingerprint density at radius 3 is 2.28 bits per heavy atom. The number of hydrogen-bond acceptors (Lipinski definition) is 6. The lowest BCUT2D eigenvalue weighted by molar-refractivity contribution is -0.142. The maximum Gasteiger partial charge on any atom is 0.408 e. The fraction of sp³-hybridized carbons (Fsp3) is 0.577. The third-order valence-electron chi connectivity index (χ3n) is 5.40. The number of benzene rings is 1.